The fourth-order valence-electron chi connectivity index (χ4n) is 0.450. The van der Waals surface area contributed by atoms with Gasteiger partial charge in [0.15, 0.2) is 0 Å². The van der Waals surface area contributed by atoms with Crippen LogP contribution < -0.4 is 113 Å². The van der Waals surface area contributed by atoms with Crippen LogP contribution in [0.4, 0.5) is 0 Å². The van der Waals surface area contributed by atoms with Crippen molar-refractivity contribution in [2.24, 2.45) is 0 Å². The Hall–Kier alpha value is 2.09. The van der Waals surface area contributed by atoms with Gasteiger partial charge in [-0.1, -0.05) is 24.3 Å². The summed E-state index contributed by atoms with van der Waals surface area (Å²) in [5.41, 5.74) is 0. The molecule has 0 radical (unpaired) electrons. The van der Waals surface area contributed by atoms with Crippen LogP contribution in [0.5, 0.6) is 11.5 Å². The van der Waals surface area contributed by atoms with Crippen LogP contribution in [-0.2, 0) is 0 Å². The van der Waals surface area contributed by atoms with E-state index < -0.39 is 11.5 Å². The smallest absolute Gasteiger partial charge is 0.873 e. The van der Waals surface area contributed by atoms with Crippen LogP contribution in [0.25, 0.3) is 0 Å². The maximum Gasteiger partial charge on any atom is 1.00 e. The van der Waals surface area contributed by atoms with Crippen LogP contribution >= 0.6 is 0 Å². The summed E-state index contributed by atoms with van der Waals surface area (Å²) in [6.07, 6.45) is 0. The number of rotatable bonds is 0. The van der Waals surface area contributed by atoms with Gasteiger partial charge in [-0.05, 0) is 0 Å². The molecule has 0 amide bonds. The number of benzene rings is 1. The van der Waals surface area contributed by atoms with E-state index in [1.165, 1.54) is 12.1 Å². The molecule has 10 heavy (non-hydrogen) atoms. The molecule has 0 aromatic heterocycles. The molecule has 0 heterocycles. The molecule has 0 N–H and O–H groups in total. The standard InChI is InChI=1S/C6H6O2.2K/c7-5-3-1-2-4-6(5)8;;/h1-4,7-8H;;/q;2*+1/p-2. The Labute approximate surface area is 145 Å². The molecular formula is C6H4K2O2. The normalized spacial score (nSPS) is 7.20. The van der Waals surface area contributed by atoms with Crippen molar-refractivity contribution in [3.63, 3.8) is 0 Å². The van der Waals surface area contributed by atoms with Gasteiger partial charge in [0.2, 0.25) is 0 Å². The van der Waals surface area contributed by atoms with Crippen molar-refractivity contribution < 1.29 is 113 Å². The molecule has 0 atom stereocenters. The second-order valence-corrected chi connectivity index (χ2v) is 1.45. The second-order valence-electron chi connectivity index (χ2n) is 1.45. The van der Waals surface area contributed by atoms with Crippen LogP contribution in [0.1, 0.15) is 0 Å². The van der Waals surface area contributed by atoms with E-state index in [4.69, 9.17) is 0 Å². The third-order valence-electron chi connectivity index (χ3n) is 0.849. The van der Waals surface area contributed by atoms with Crippen LogP contribution in [0.2, 0.25) is 0 Å². The van der Waals surface area contributed by atoms with Crippen molar-refractivity contribution in [3.8, 4) is 11.5 Å². The number of para-hydroxylation sites is 2. The Bertz CT molecular complexity index is 170. The quantitative estimate of drug-likeness (QED) is 0.379. The summed E-state index contributed by atoms with van der Waals surface area (Å²) in [7, 11) is 0. The molecule has 4 heteroatoms. The maximum absolute atomic E-state index is 10.3. The largest absolute Gasteiger partial charge is 1.00 e. The van der Waals surface area contributed by atoms with Gasteiger partial charge in [-0.2, -0.15) is 0 Å². The van der Waals surface area contributed by atoms with E-state index in [2.05, 4.69) is 0 Å². The molecule has 1 rings (SSSR count). The van der Waals surface area contributed by atoms with Gasteiger partial charge in [-0.25, -0.2) is 0 Å². The number of hydrogen-bond acceptors (Lipinski definition) is 2. The van der Waals surface area contributed by atoms with Gasteiger partial charge in [-0.15, -0.1) is 11.5 Å². The number of hydrogen-bond donors (Lipinski definition) is 0. The summed E-state index contributed by atoms with van der Waals surface area (Å²) in [5, 5.41) is 20.6. The Morgan fingerprint density at radius 3 is 1.30 bits per heavy atom. The van der Waals surface area contributed by atoms with E-state index in [-0.39, 0.29) is 103 Å². The summed E-state index contributed by atoms with van der Waals surface area (Å²) < 4.78 is 0. The topological polar surface area (TPSA) is 46.1 Å². The van der Waals surface area contributed by atoms with Gasteiger partial charge in [0.25, 0.3) is 0 Å². The van der Waals surface area contributed by atoms with Gasteiger partial charge in [-0.3, -0.25) is 0 Å². The van der Waals surface area contributed by atoms with E-state index in [1.807, 2.05) is 0 Å². The molecule has 1 aromatic rings. The molecule has 0 aliphatic carbocycles. The zero-order valence-electron chi connectivity index (χ0n) is 6.13. The minimum Gasteiger partial charge on any atom is -0.873 e. The van der Waals surface area contributed by atoms with Crippen LogP contribution in [0.15, 0.2) is 24.3 Å². The second kappa shape index (κ2) is 7.73. The summed E-state index contributed by atoms with van der Waals surface area (Å²) in [6, 6.07) is 5.60. The molecule has 0 unspecified atom stereocenters. The van der Waals surface area contributed by atoms with Crippen LogP contribution in [0.3, 0.4) is 0 Å². The third-order valence-corrected chi connectivity index (χ3v) is 0.849. The summed E-state index contributed by atoms with van der Waals surface area (Å²) >= 11 is 0. The Morgan fingerprint density at radius 2 is 1.10 bits per heavy atom. The van der Waals surface area contributed by atoms with Gasteiger partial charge >= 0.3 is 103 Å². The Morgan fingerprint density at radius 1 is 0.800 bits per heavy atom. The Balaban J connectivity index is 0. The Kier molecular flexibility index (Phi) is 11.3. The monoisotopic (exact) mass is 186 g/mol. The third kappa shape index (κ3) is 4.87. The first-order valence-electron chi connectivity index (χ1n) is 2.24. The minimum absolute atomic E-state index is 0. The van der Waals surface area contributed by atoms with Crippen molar-refractivity contribution in [1.29, 1.82) is 0 Å². The minimum atomic E-state index is -0.437. The predicted octanol–water partition coefficient (Wildman–Crippen LogP) is -6.16. The van der Waals surface area contributed by atoms with Gasteiger partial charge in [0, 0.05) is 0 Å². The van der Waals surface area contributed by atoms with Gasteiger partial charge in [0.1, 0.15) is 0 Å². The molecule has 0 spiro atoms. The van der Waals surface area contributed by atoms with E-state index in [1.54, 1.807) is 12.1 Å². The molecule has 0 aliphatic heterocycles. The molecule has 0 saturated heterocycles. The van der Waals surface area contributed by atoms with E-state index in [9.17, 15) is 10.2 Å². The molecule has 1 aromatic carbocycles. The molecule has 0 saturated carbocycles. The first-order chi connectivity index (χ1) is 3.80. The summed E-state index contributed by atoms with van der Waals surface area (Å²) in [5.74, 6) is -0.875. The van der Waals surface area contributed by atoms with Crippen molar-refractivity contribution in [2.75, 3.05) is 0 Å². The first-order valence-corrected chi connectivity index (χ1v) is 2.24. The molecule has 42 valence electrons. The zero-order chi connectivity index (χ0) is 5.98. The fourth-order valence-corrected chi connectivity index (χ4v) is 0.450. The van der Waals surface area contributed by atoms with Crippen molar-refractivity contribution in [1.82, 2.24) is 0 Å². The molecular weight excluding hydrogens is 182 g/mol. The van der Waals surface area contributed by atoms with Gasteiger partial charge < -0.3 is 10.2 Å². The van der Waals surface area contributed by atoms with E-state index >= 15 is 0 Å². The van der Waals surface area contributed by atoms with E-state index in [0.717, 1.165) is 0 Å². The predicted molar refractivity (Wildman–Crippen MR) is 25.3 cm³/mol. The van der Waals surface area contributed by atoms with Crippen molar-refractivity contribution in [2.45, 2.75) is 0 Å². The molecule has 2 nitrogen and oxygen atoms in total. The zero-order valence-corrected chi connectivity index (χ0v) is 12.4. The van der Waals surface area contributed by atoms with E-state index in [0.29, 0.717) is 0 Å². The molecule has 0 aliphatic rings. The molecule has 0 fully saturated rings. The van der Waals surface area contributed by atoms with Gasteiger partial charge in [0.05, 0.1) is 0 Å². The van der Waals surface area contributed by atoms with Crippen molar-refractivity contribution in [3.05, 3.63) is 24.3 Å². The fraction of sp³-hybridized carbons (Fsp3) is 0. The van der Waals surface area contributed by atoms with Crippen molar-refractivity contribution >= 4 is 0 Å². The molecule has 0 bridgehead atoms. The summed E-state index contributed by atoms with van der Waals surface area (Å²) in [4.78, 5) is 0. The van der Waals surface area contributed by atoms with Crippen LogP contribution in [0, 0.1) is 0 Å². The average molecular weight is 186 g/mol. The van der Waals surface area contributed by atoms with Crippen LogP contribution in [-0.4, -0.2) is 0 Å². The SMILES string of the molecule is [K+].[K+].[O-]c1ccccc1[O-]. The maximum atomic E-state index is 10.3. The summed E-state index contributed by atoms with van der Waals surface area (Å²) in [6.45, 7) is 0. The first kappa shape index (κ1) is 14.6. The average Bonchev–Trinajstić information content (AvgIpc) is 1.77.